The second kappa shape index (κ2) is 5.36. The molecular formula is C11H9BrF3NO3S. The summed E-state index contributed by atoms with van der Waals surface area (Å²) in [6.45, 7) is 0. The van der Waals surface area contributed by atoms with Gasteiger partial charge in [0, 0.05) is 20.8 Å². The number of halogens is 4. The molecule has 1 atom stereocenters. The molecule has 1 aliphatic carbocycles. The molecule has 0 bridgehead atoms. The third-order valence-corrected chi connectivity index (χ3v) is 4.53. The maximum absolute atomic E-state index is 12.6. The minimum atomic E-state index is -5.08. The predicted octanol–water partition coefficient (Wildman–Crippen LogP) is 3.19. The summed E-state index contributed by atoms with van der Waals surface area (Å²) in [5.41, 5.74) is 0. The Labute approximate surface area is 124 Å². The van der Waals surface area contributed by atoms with Crippen molar-refractivity contribution < 1.29 is 27.9 Å². The van der Waals surface area contributed by atoms with Crippen LogP contribution < -0.4 is 0 Å². The van der Waals surface area contributed by atoms with E-state index in [9.17, 15) is 27.9 Å². The normalized spacial score (nSPS) is 16.8. The first-order chi connectivity index (χ1) is 9.21. The summed E-state index contributed by atoms with van der Waals surface area (Å²) in [5, 5.41) is 10.8. The first-order valence-electron chi connectivity index (χ1n) is 5.58. The molecule has 0 spiro atoms. The number of alkyl halides is 3. The van der Waals surface area contributed by atoms with Gasteiger partial charge >= 0.3 is 18.1 Å². The predicted molar refractivity (Wildman–Crippen MR) is 68.3 cm³/mol. The Hall–Kier alpha value is -1.09. The molecule has 0 aromatic carbocycles. The fourth-order valence-corrected chi connectivity index (χ4v) is 3.38. The van der Waals surface area contributed by atoms with E-state index >= 15 is 0 Å². The SMILES string of the molecule is O=C(O)C(c1cc(Br)cs1)N(C(=O)C(F)(F)F)C1CC1. The van der Waals surface area contributed by atoms with Crippen LogP contribution in [0.15, 0.2) is 15.9 Å². The molecule has 1 aromatic heterocycles. The van der Waals surface area contributed by atoms with Gasteiger partial charge in [-0.05, 0) is 34.8 Å². The van der Waals surface area contributed by atoms with E-state index in [1.807, 2.05) is 0 Å². The zero-order valence-electron chi connectivity index (χ0n) is 9.85. The summed E-state index contributed by atoms with van der Waals surface area (Å²) in [7, 11) is 0. The average molecular weight is 372 g/mol. The Morgan fingerprint density at radius 3 is 2.40 bits per heavy atom. The fourth-order valence-electron chi connectivity index (χ4n) is 1.84. The van der Waals surface area contributed by atoms with Crippen molar-refractivity contribution in [3.05, 3.63) is 20.8 Å². The van der Waals surface area contributed by atoms with Gasteiger partial charge in [-0.3, -0.25) is 4.79 Å². The Balaban J connectivity index is 2.39. The van der Waals surface area contributed by atoms with Crippen LogP contribution in [0.4, 0.5) is 13.2 Å². The van der Waals surface area contributed by atoms with Crippen LogP contribution in [0.3, 0.4) is 0 Å². The smallest absolute Gasteiger partial charge is 0.471 e. The van der Waals surface area contributed by atoms with Crippen LogP contribution in [0.1, 0.15) is 23.8 Å². The molecule has 1 amide bonds. The van der Waals surface area contributed by atoms with Gasteiger partial charge in [0.1, 0.15) is 0 Å². The van der Waals surface area contributed by atoms with E-state index in [2.05, 4.69) is 15.9 Å². The second-order valence-corrected chi connectivity index (χ2v) is 6.21. The lowest BCUT2D eigenvalue weighted by molar-refractivity contribution is -0.190. The number of carboxylic acids is 1. The van der Waals surface area contributed by atoms with Gasteiger partial charge in [-0.2, -0.15) is 13.2 Å². The molecule has 0 aliphatic heterocycles. The van der Waals surface area contributed by atoms with E-state index in [-0.39, 0.29) is 4.88 Å². The molecule has 20 heavy (non-hydrogen) atoms. The Kier molecular flexibility index (Phi) is 4.10. The molecule has 1 fully saturated rings. The van der Waals surface area contributed by atoms with Crippen LogP contribution in [0.25, 0.3) is 0 Å². The molecule has 9 heteroatoms. The molecule has 0 saturated heterocycles. The lowest BCUT2D eigenvalue weighted by Crippen LogP contribution is -2.46. The molecule has 1 unspecified atom stereocenters. The van der Waals surface area contributed by atoms with Crippen LogP contribution in [0, 0.1) is 0 Å². The molecule has 2 rings (SSSR count). The van der Waals surface area contributed by atoms with E-state index in [1.165, 1.54) is 6.07 Å². The minimum absolute atomic E-state index is 0.189. The van der Waals surface area contributed by atoms with Crippen LogP contribution in [-0.4, -0.2) is 34.1 Å². The van der Waals surface area contributed by atoms with E-state index in [0.717, 1.165) is 11.3 Å². The summed E-state index contributed by atoms with van der Waals surface area (Å²) in [6.07, 6.45) is -4.30. The molecule has 1 N–H and O–H groups in total. The number of rotatable bonds is 4. The van der Waals surface area contributed by atoms with Gasteiger partial charge in [0.25, 0.3) is 0 Å². The summed E-state index contributed by atoms with van der Waals surface area (Å²) in [5.74, 6) is -3.57. The first-order valence-corrected chi connectivity index (χ1v) is 7.25. The van der Waals surface area contributed by atoms with Crippen molar-refractivity contribution >= 4 is 39.1 Å². The number of nitrogens with zero attached hydrogens (tertiary/aromatic N) is 1. The monoisotopic (exact) mass is 371 g/mol. The van der Waals surface area contributed by atoms with E-state index in [1.54, 1.807) is 5.38 Å². The molecule has 110 valence electrons. The van der Waals surface area contributed by atoms with Crippen molar-refractivity contribution in [1.29, 1.82) is 0 Å². The van der Waals surface area contributed by atoms with Crippen molar-refractivity contribution in [3.63, 3.8) is 0 Å². The highest BCUT2D eigenvalue weighted by atomic mass is 79.9. The zero-order valence-corrected chi connectivity index (χ0v) is 12.3. The number of thiophene rings is 1. The van der Waals surface area contributed by atoms with Gasteiger partial charge in [-0.15, -0.1) is 11.3 Å². The van der Waals surface area contributed by atoms with Gasteiger partial charge in [0.2, 0.25) is 0 Å². The summed E-state index contributed by atoms with van der Waals surface area (Å²) in [4.78, 5) is 23.5. The summed E-state index contributed by atoms with van der Waals surface area (Å²) in [6, 6.07) is -0.846. The number of carbonyl (C=O) groups excluding carboxylic acids is 1. The summed E-state index contributed by atoms with van der Waals surface area (Å²) < 4.78 is 38.5. The van der Waals surface area contributed by atoms with Gasteiger partial charge in [-0.1, -0.05) is 0 Å². The van der Waals surface area contributed by atoms with Crippen LogP contribution in [0.2, 0.25) is 0 Å². The van der Waals surface area contributed by atoms with Crippen molar-refractivity contribution in [2.24, 2.45) is 0 Å². The topological polar surface area (TPSA) is 57.6 Å². The standard InChI is InChI=1S/C11H9BrF3NO3S/c12-5-3-7(20-4-5)8(9(17)18)16(6-1-2-6)10(19)11(13,14)15/h3-4,6,8H,1-2H2,(H,17,18). The molecule has 4 nitrogen and oxygen atoms in total. The average Bonchev–Trinajstić information content (AvgIpc) is 3.06. The number of amides is 1. The largest absolute Gasteiger partial charge is 0.479 e. The Bertz CT molecular complexity index is 541. The highest BCUT2D eigenvalue weighted by Crippen LogP contribution is 2.40. The van der Waals surface area contributed by atoms with Crippen molar-refractivity contribution in [3.8, 4) is 0 Å². The lowest BCUT2D eigenvalue weighted by atomic mass is 10.2. The highest BCUT2D eigenvalue weighted by molar-refractivity contribution is 9.10. The quantitative estimate of drug-likeness (QED) is 0.883. The minimum Gasteiger partial charge on any atom is -0.479 e. The maximum Gasteiger partial charge on any atom is 0.471 e. The third-order valence-electron chi connectivity index (χ3n) is 2.79. The third kappa shape index (κ3) is 3.14. The zero-order chi connectivity index (χ0) is 15.1. The first kappa shape index (κ1) is 15.3. The summed E-state index contributed by atoms with van der Waals surface area (Å²) >= 11 is 4.12. The van der Waals surface area contributed by atoms with Crippen molar-refractivity contribution in [1.82, 2.24) is 4.90 Å². The van der Waals surface area contributed by atoms with Gasteiger partial charge in [-0.25, -0.2) is 4.79 Å². The van der Waals surface area contributed by atoms with E-state index < -0.39 is 30.1 Å². The maximum atomic E-state index is 12.6. The van der Waals surface area contributed by atoms with Crippen LogP contribution in [0.5, 0.6) is 0 Å². The molecule has 1 aliphatic rings. The Morgan fingerprint density at radius 1 is 1.45 bits per heavy atom. The second-order valence-electron chi connectivity index (χ2n) is 4.35. The van der Waals surface area contributed by atoms with Gasteiger partial charge < -0.3 is 10.0 Å². The van der Waals surface area contributed by atoms with Gasteiger partial charge in [0.15, 0.2) is 6.04 Å². The lowest BCUT2D eigenvalue weighted by Gasteiger charge is -2.29. The fraction of sp³-hybridized carbons (Fsp3) is 0.455. The van der Waals surface area contributed by atoms with Crippen molar-refractivity contribution in [2.45, 2.75) is 31.1 Å². The Morgan fingerprint density at radius 2 is 2.05 bits per heavy atom. The van der Waals surface area contributed by atoms with Crippen LogP contribution in [-0.2, 0) is 9.59 Å². The van der Waals surface area contributed by atoms with Crippen LogP contribution >= 0.6 is 27.3 Å². The van der Waals surface area contributed by atoms with E-state index in [4.69, 9.17) is 0 Å². The number of carboxylic acid groups (broad SMARTS) is 1. The molecule has 1 heterocycles. The number of hydrogen-bond donors (Lipinski definition) is 1. The van der Waals surface area contributed by atoms with E-state index in [0.29, 0.717) is 22.2 Å². The van der Waals surface area contributed by atoms with Crippen molar-refractivity contribution in [2.75, 3.05) is 0 Å². The number of aliphatic carboxylic acids is 1. The number of hydrogen-bond acceptors (Lipinski definition) is 3. The molecule has 1 aromatic rings. The molecule has 0 radical (unpaired) electrons. The highest BCUT2D eigenvalue weighted by Gasteiger charge is 2.51. The molecule has 1 saturated carbocycles. The molecular weight excluding hydrogens is 363 g/mol. The number of carbonyl (C=O) groups is 2. The van der Waals surface area contributed by atoms with Gasteiger partial charge in [0.05, 0.1) is 0 Å².